The maximum Gasteiger partial charge on any atom is 0.178 e. The quantitative estimate of drug-likeness (QED) is 0.801. The van der Waals surface area contributed by atoms with Crippen molar-refractivity contribution in [1.82, 2.24) is 9.55 Å². The Hall–Kier alpha value is -0.940. The molecule has 0 saturated carbocycles. The number of nitrogens with one attached hydrogen (secondary N) is 1. The van der Waals surface area contributed by atoms with Crippen molar-refractivity contribution in [2.24, 2.45) is 0 Å². The molecule has 1 unspecified atom stereocenters. The zero-order chi connectivity index (χ0) is 13.8. The molecule has 0 amide bonds. The van der Waals surface area contributed by atoms with Crippen molar-refractivity contribution in [1.29, 1.82) is 0 Å². The molecule has 0 aliphatic heterocycles. The molecule has 0 spiro atoms. The SMILES string of the molecule is CCOc1cccc2c1[nH]c(=S)n2C(C)CCSC. The van der Waals surface area contributed by atoms with Crippen molar-refractivity contribution in [2.45, 2.75) is 26.3 Å². The summed E-state index contributed by atoms with van der Waals surface area (Å²) >= 11 is 7.34. The molecule has 3 nitrogen and oxygen atoms in total. The van der Waals surface area contributed by atoms with Crippen LogP contribution in [0.25, 0.3) is 11.0 Å². The number of aromatic nitrogens is 2. The van der Waals surface area contributed by atoms with Gasteiger partial charge in [-0.25, -0.2) is 0 Å². The number of hydrogen-bond acceptors (Lipinski definition) is 3. The summed E-state index contributed by atoms with van der Waals surface area (Å²) in [5, 5.41) is 0. The predicted octanol–water partition coefficient (Wildman–Crippen LogP) is 4.41. The van der Waals surface area contributed by atoms with Crippen molar-refractivity contribution >= 4 is 35.0 Å². The highest BCUT2D eigenvalue weighted by molar-refractivity contribution is 7.98. The van der Waals surface area contributed by atoms with Crippen molar-refractivity contribution in [3.8, 4) is 5.75 Å². The number of hydrogen-bond donors (Lipinski definition) is 1. The highest BCUT2D eigenvalue weighted by Crippen LogP contribution is 2.28. The first-order valence-corrected chi connectivity index (χ1v) is 8.34. The standard InChI is InChI=1S/C14H20N2OS2/c1-4-17-12-7-5-6-11-13(12)15-14(18)16(11)10(2)8-9-19-3/h5-7,10H,4,8-9H2,1-3H3,(H,15,18). The van der Waals surface area contributed by atoms with E-state index in [2.05, 4.69) is 28.8 Å². The summed E-state index contributed by atoms with van der Waals surface area (Å²) in [4.78, 5) is 3.28. The summed E-state index contributed by atoms with van der Waals surface area (Å²) in [5.41, 5.74) is 2.13. The monoisotopic (exact) mass is 296 g/mol. The highest BCUT2D eigenvalue weighted by Gasteiger charge is 2.13. The molecule has 1 N–H and O–H groups in total. The molecule has 104 valence electrons. The Morgan fingerprint density at radius 2 is 2.26 bits per heavy atom. The number of nitrogens with zero attached hydrogens (tertiary/aromatic N) is 1. The Morgan fingerprint density at radius 3 is 2.95 bits per heavy atom. The molecule has 2 rings (SSSR count). The molecule has 1 atom stereocenters. The van der Waals surface area contributed by atoms with E-state index < -0.39 is 0 Å². The number of benzene rings is 1. The third kappa shape index (κ3) is 2.98. The van der Waals surface area contributed by atoms with Crippen LogP contribution in [0.15, 0.2) is 18.2 Å². The zero-order valence-electron chi connectivity index (χ0n) is 11.6. The van der Waals surface area contributed by atoms with Crippen LogP contribution < -0.4 is 4.74 Å². The van der Waals surface area contributed by atoms with Gasteiger partial charge in [0.2, 0.25) is 0 Å². The Kier molecular flexibility index (Phi) is 4.93. The van der Waals surface area contributed by atoms with Crippen LogP contribution in [0.3, 0.4) is 0 Å². The van der Waals surface area contributed by atoms with Crippen LogP contribution in [0.1, 0.15) is 26.3 Å². The van der Waals surface area contributed by atoms with Gasteiger partial charge in [0.05, 0.1) is 12.1 Å². The van der Waals surface area contributed by atoms with Crippen LogP contribution >= 0.6 is 24.0 Å². The summed E-state index contributed by atoms with van der Waals surface area (Å²) in [6, 6.07) is 6.49. The van der Waals surface area contributed by atoms with Crippen molar-refractivity contribution < 1.29 is 4.74 Å². The van der Waals surface area contributed by atoms with Gasteiger partial charge < -0.3 is 14.3 Å². The Labute approximate surface area is 123 Å². The number of H-pyrrole nitrogens is 1. The van der Waals surface area contributed by atoms with E-state index in [1.165, 1.54) is 0 Å². The van der Waals surface area contributed by atoms with E-state index >= 15 is 0 Å². The fourth-order valence-corrected chi connectivity index (χ4v) is 3.21. The van der Waals surface area contributed by atoms with Crippen LogP contribution in [0.2, 0.25) is 0 Å². The summed E-state index contributed by atoms with van der Waals surface area (Å²) in [5.74, 6) is 2.02. The predicted molar refractivity (Wildman–Crippen MR) is 86.0 cm³/mol. The molecule has 1 aromatic carbocycles. The van der Waals surface area contributed by atoms with Gasteiger partial charge in [-0.3, -0.25) is 0 Å². The molecule has 1 aromatic heterocycles. The van der Waals surface area contributed by atoms with Gasteiger partial charge in [0.25, 0.3) is 0 Å². The summed E-state index contributed by atoms with van der Waals surface area (Å²) in [6.07, 6.45) is 3.25. The second kappa shape index (κ2) is 6.48. The maximum absolute atomic E-state index is 5.65. The molecular formula is C14H20N2OS2. The van der Waals surface area contributed by atoms with Gasteiger partial charge in [-0.05, 0) is 56.6 Å². The van der Waals surface area contributed by atoms with Crippen LogP contribution in [0, 0.1) is 4.77 Å². The number of fused-ring (bicyclic) bond motifs is 1. The van der Waals surface area contributed by atoms with Crippen LogP contribution in [0.5, 0.6) is 5.75 Å². The van der Waals surface area contributed by atoms with E-state index in [4.69, 9.17) is 17.0 Å². The van der Waals surface area contributed by atoms with E-state index in [0.717, 1.165) is 33.7 Å². The molecule has 0 bridgehead atoms. The Bertz CT molecular complexity index is 603. The fourth-order valence-electron chi connectivity index (χ4n) is 2.25. The van der Waals surface area contributed by atoms with Gasteiger partial charge in [-0.15, -0.1) is 0 Å². The minimum atomic E-state index is 0.394. The van der Waals surface area contributed by atoms with Gasteiger partial charge >= 0.3 is 0 Å². The van der Waals surface area contributed by atoms with Gasteiger partial charge in [-0.2, -0.15) is 11.8 Å². The van der Waals surface area contributed by atoms with Crippen LogP contribution in [-0.2, 0) is 0 Å². The lowest BCUT2D eigenvalue weighted by molar-refractivity contribution is 0.343. The third-order valence-electron chi connectivity index (χ3n) is 3.19. The smallest absolute Gasteiger partial charge is 0.178 e. The molecular weight excluding hydrogens is 276 g/mol. The molecule has 0 fully saturated rings. The van der Waals surface area contributed by atoms with E-state index in [-0.39, 0.29) is 0 Å². The highest BCUT2D eigenvalue weighted by atomic mass is 32.2. The average Bonchev–Trinajstić information content (AvgIpc) is 2.73. The van der Waals surface area contributed by atoms with Crippen molar-refractivity contribution in [2.75, 3.05) is 18.6 Å². The molecule has 0 aliphatic rings. The summed E-state index contributed by atoms with van der Waals surface area (Å²) in [6.45, 7) is 4.87. The molecule has 19 heavy (non-hydrogen) atoms. The average molecular weight is 296 g/mol. The summed E-state index contributed by atoms with van der Waals surface area (Å²) in [7, 11) is 0. The van der Waals surface area contributed by atoms with E-state index in [9.17, 15) is 0 Å². The molecule has 2 aromatic rings. The minimum Gasteiger partial charge on any atom is -0.492 e. The number of aromatic amines is 1. The third-order valence-corrected chi connectivity index (χ3v) is 4.14. The lowest BCUT2D eigenvalue weighted by atomic mass is 10.2. The number of imidazole rings is 1. The van der Waals surface area contributed by atoms with Crippen molar-refractivity contribution in [3.05, 3.63) is 23.0 Å². The molecule has 5 heteroatoms. The van der Waals surface area contributed by atoms with Crippen LogP contribution in [0.4, 0.5) is 0 Å². The van der Waals surface area contributed by atoms with Crippen LogP contribution in [-0.4, -0.2) is 28.2 Å². The zero-order valence-corrected chi connectivity index (χ0v) is 13.2. The van der Waals surface area contributed by atoms with Gasteiger partial charge in [0, 0.05) is 6.04 Å². The fraction of sp³-hybridized carbons (Fsp3) is 0.500. The number of ether oxygens (including phenoxy) is 1. The number of para-hydroxylation sites is 1. The number of thioether (sulfide) groups is 1. The number of rotatable bonds is 6. The first kappa shape index (κ1) is 14.5. The maximum atomic E-state index is 5.65. The topological polar surface area (TPSA) is 29.9 Å². The van der Waals surface area contributed by atoms with E-state index in [0.29, 0.717) is 12.6 Å². The van der Waals surface area contributed by atoms with Gasteiger partial charge in [-0.1, -0.05) is 6.07 Å². The molecule has 1 heterocycles. The first-order chi connectivity index (χ1) is 9.19. The summed E-state index contributed by atoms with van der Waals surface area (Å²) < 4.78 is 8.63. The minimum absolute atomic E-state index is 0.394. The second-order valence-electron chi connectivity index (χ2n) is 4.51. The Morgan fingerprint density at radius 1 is 1.47 bits per heavy atom. The lowest BCUT2D eigenvalue weighted by Gasteiger charge is -2.14. The Balaban J connectivity index is 2.47. The first-order valence-electron chi connectivity index (χ1n) is 6.54. The lowest BCUT2D eigenvalue weighted by Crippen LogP contribution is -2.06. The van der Waals surface area contributed by atoms with E-state index in [1.54, 1.807) is 0 Å². The van der Waals surface area contributed by atoms with Gasteiger partial charge in [0.15, 0.2) is 4.77 Å². The van der Waals surface area contributed by atoms with Gasteiger partial charge in [0.1, 0.15) is 11.3 Å². The molecule has 0 aliphatic carbocycles. The molecule has 0 radical (unpaired) electrons. The molecule has 0 saturated heterocycles. The van der Waals surface area contributed by atoms with Crippen molar-refractivity contribution in [3.63, 3.8) is 0 Å². The second-order valence-corrected chi connectivity index (χ2v) is 5.89. The normalized spacial score (nSPS) is 12.8. The van der Waals surface area contributed by atoms with E-state index in [1.807, 2.05) is 30.8 Å². The largest absolute Gasteiger partial charge is 0.492 e.